The first-order valence-corrected chi connectivity index (χ1v) is 7.24. The predicted octanol–water partition coefficient (Wildman–Crippen LogP) is 2.93. The van der Waals surface area contributed by atoms with Gasteiger partial charge in [-0.15, -0.1) is 0 Å². The molecule has 0 bridgehead atoms. The van der Waals surface area contributed by atoms with Gasteiger partial charge in [0.15, 0.2) is 0 Å². The molecule has 3 N–H and O–H groups in total. The lowest BCUT2D eigenvalue weighted by Crippen LogP contribution is -2.36. The summed E-state index contributed by atoms with van der Waals surface area (Å²) in [5.74, 6) is 1.00. The van der Waals surface area contributed by atoms with Crippen LogP contribution < -0.4 is 10.5 Å². The molecule has 0 saturated heterocycles. The molecular weight excluding hydrogens is 262 g/mol. The van der Waals surface area contributed by atoms with Gasteiger partial charge in [0.1, 0.15) is 5.75 Å². The predicted molar refractivity (Wildman–Crippen MR) is 85.2 cm³/mol. The van der Waals surface area contributed by atoms with Crippen molar-refractivity contribution in [1.82, 2.24) is 0 Å². The molecule has 0 spiro atoms. The molecule has 3 unspecified atom stereocenters. The molecule has 2 aromatic rings. The molecule has 0 aliphatic heterocycles. The second-order valence-electron chi connectivity index (χ2n) is 5.43. The first kappa shape index (κ1) is 15.5. The third-order valence-corrected chi connectivity index (χ3v) is 3.90. The van der Waals surface area contributed by atoms with Crippen LogP contribution >= 0.6 is 0 Å². The molecule has 2 rings (SSSR count). The molecule has 0 aliphatic carbocycles. The molecule has 0 heterocycles. The van der Waals surface area contributed by atoms with Crippen LogP contribution in [-0.4, -0.2) is 18.3 Å². The number of para-hydroxylation sites is 1. The van der Waals surface area contributed by atoms with Gasteiger partial charge in [-0.05, 0) is 29.5 Å². The Morgan fingerprint density at radius 2 is 1.67 bits per heavy atom. The van der Waals surface area contributed by atoms with Crippen LogP contribution in [0.1, 0.15) is 24.2 Å². The Kier molecular flexibility index (Phi) is 5.37. The van der Waals surface area contributed by atoms with E-state index in [9.17, 15) is 5.11 Å². The number of aliphatic hydroxyl groups excluding tert-OH is 1. The van der Waals surface area contributed by atoms with Gasteiger partial charge < -0.3 is 15.6 Å². The van der Waals surface area contributed by atoms with Crippen LogP contribution in [0, 0.1) is 5.92 Å². The molecule has 0 aromatic heterocycles. The Morgan fingerprint density at radius 1 is 1.05 bits per heavy atom. The van der Waals surface area contributed by atoms with E-state index in [-0.39, 0.29) is 12.0 Å². The van der Waals surface area contributed by atoms with Crippen molar-refractivity contribution in [3.05, 3.63) is 65.7 Å². The number of rotatable bonds is 6. The number of hydrogen-bond donors (Lipinski definition) is 2. The van der Waals surface area contributed by atoms with Gasteiger partial charge in [0.25, 0.3) is 0 Å². The van der Waals surface area contributed by atoms with Crippen molar-refractivity contribution in [2.45, 2.75) is 25.5 Å². The maximum Gasteiger partial charge on any atom is 0.122 e. The molecule has 3 atom stereocenters. The minimum absolute atomic E-state index is 0.136. The number of ether oxygens (including phenoxy) is 1. The van der Waals surface area contributed by atoms with E-state index in [4.69, 9.17) is 10.5 Å². The van der Waals surface area contributed by atoms with Crippen LogP contribution in [0.2, 0.25) is 0 Å². The quantitative estimate of drug-likeness (QED) is 0.858. The number of methoxy groups -OCH3 is 1. The highest BCUT2D eigenvalue weighted by atomic mass is 16.5. The summed E-state index contributed by atoms with van der Waals surface area (Å²) in [5, 5.41) is 10.4. The van der Waals surface area contributed by atoms with Crippen LogP contribution in [0.4, 0.5) is 0 Å². The van der Waals surface area contributed by atoms with E-state index in [0.29, 0.717) is 0 Å². The fraction of sp³-hybridized carbons (Fsp3) is 0.333. The highest BCUT2D eigenvalue weighted by molar-refractivity contribution is 5.33. The number of aliphatic hydroxyl groups is 1. The monoisotopic (exact) mass is 285 g/mol. The summed E-state index contributed by atoms with van der Waals surface area (Å²) >= 11 is 0. The van der Waals surface area contributed by atoms with Crippen molar-refractivity contribution in [2.75, 3.05) is 7.11 Å². The SMILES string of the molecule is COc1ccccc1CC(C)C(N)C(O)c1ccccc1. The Bertz CT molecular complexity index is 556. The van der Waals surface area contributed by atoms with E-state index in [2.05, 4.69) is 6.92 Å². The summed E-state index contributed by atoms with van der Waals surface area (Å²) in [4.78, 5) is 0. The lowest BCUT2D eigenvalue weighted by molar-refractivity contribution is 0.121. The van der Waals surface area contributed by atoms with Crippen LogP contribution in [0.3, 0.4) is 0 Å². The fourth-order valence-corrected chi connectivity index (χ4v) is 2.54. The molecule has 0 fully saturated rings. The summed E-state index contributed by atoms with van der Waals surface area (Å²) in [6.07, 6.45) is 0.116. The summed E-state index contributed by atoms with van der Waals surface area (Å²) in [6, 6.07) is 17.2. The number of benzene rings is 2. The number of nitrogens with two attached hydrogens (primary N) is 1. The zero-order valence-electron chi connectivity index (χ0n) is 12.6. The zero-order chi connectivity index (χ0) is 15.2. The minimum Gasteiger partial charge on any atom is -0.496 e. The fourth-order valence-electron chi connectivity index (χ4n) is 2.54. The van der Waals surface area contributed by atoms with Gasteiger partial charge >= 0.3 is 0 Å². The van der Waals surface area contributed by atoms with E-state index in [1.165, 1.54) is 0 Å². The normalized spacial score (nSPS) is 15.2. The standard InChI is InChI=1S/C18H23NO2/c1-13(12-15-10-6-7-11-16(15)21-2)17(19)18(20)14-8-4-3-5-9-14/h3-11,13,17-18,20H,12,19H2,1-2H3. The molecule has 3 heteroatoms. The average Bonchev–Trinajstić information content (AvgIpc) is 2.54. The van der Waals surface area contributed by atoms with E-state index in [1.807, 2.05) is 54.6 Å². The van der Waals surface area contributed by atoms with Gasteiger partial charge in [0.05, 0.1) is 13.2 Å². The molecule has 0 aliphatic rings. The smallest absolute Gasteiger partial charge is 0.122 e. The third-order valence-electron chi connectivity index (χ3n) is 3.90. The maximum absolute atomic E-state index is 10.4. The van der Waals surface area contributed by atoms with E-state index >= 15 is 0 Å². The van der Waals surface area contributed by atoms with Crippen molar-refractivity contribution in [3.8, 4) is 5.75 Å². The van der Waals surface area contributed by atoms with Gasteiger partial charge in [-0.25, -0.2) is 0 Å². The topological polar surface area (TPSA) is 55.5 Å². The van der Waals surface area contributed by atoms with Gasteiger partial charge in [-0.2, -0.15) is 0 Å². The van der Waals surface area contributed by atoms with Crippen molar-refractivity contribution in [1.29, 1.82) is 0 Å². The maximum atomic E-state index is 10.4. The second kappa shape index (κ2) is 7.25. The van der Waals surface area contributed by atoms with Gasteiger partial charge in [0, 0.05) is 6.04 Å². The molecule has 2 aromatic carbocycles. The minimum atomic E-state index is -0.657. The van der Waals surface area contributed by atoms with Crippen molar-refractivity contribution in [2.24, 2.45) is 11.7 Å². The van der Waals surface area contributed by atoms with Crippen molar-refractivity contribution < 1.29 is 9.84 Å². The summed E-state index contributed by atoms with van der Waals surface area (Å²) < 4.78 is 5.37. The molecular formula is C18H23NO2. The lowest BCUT2D eigenvalue weighted by atomic mass is 9.88. The largest absolute Gasteiger partial charge is 0.496 e. The van der Waals surface area contributed by atoms with Gasteiger partial charge in [-0.1, -0.05) is 55.5 Å². The molecule has 3 nitrogen and oxygen atoms in total. The molecule has 21 heavy (non-hydrogen) atoms. The molecule has 112 valence electrons. The Balaban J connectivity index is 2.07. The van der Waals surface area contributed by atoms with E-state index < -0.39 is 6.10 Å². The van der Waals surface area contributed by atoms with Crippen LogP contribution in [0.15, 0.2) is 54.6 Å². The summed E-state index contributed by atoms with van der Waals surface area (Å²) in [6.45, 7) is 2.06. The zero-order valence-corrected chi connectivity index (χ0v) is 12.6. The highest BCUT2D eigenvalue weighted by Crippen LogP contribution is 2.26. The Hall–Kier alpha value is -1.84. The third kappa shape index (κ3) is 3.84. The molecule has 0 saturated carbocycles. The van der Waals surface area contributed by atoms with E-state index in [0.717, 1.165) is 23.3 Å². The average molecular weight is 285 g/mol. The highest BCUT2D eigenvalue weighted by Gasteiger charge is 2.23. The van der Waals surface area contributed by atoms with Crippen LogP contribution in [-0.2, 0) is 6.42 Å². The van der Waals surface area contributed by atoms with Gasteiger partial charge in [-0.3, -0.25) is 0 Å². The van der Waals surface area contributed by atoms with Crippen LogP contribution in [0.25, 0.3) is 0 Å². The van der Waals surface area contributed by atoms with Crippen LogP contribution in [0.5, 0.6) is 5.75 Å². The van der Waals surface area contributed by atoms with Gasteiger partial charge in [0.2, 0.25) is 0 Å². The molecule has 0 amide bonds. The van der Waals surface area contributed by atoms with Crippen molar-refractivity contribution in [3.63, 3.8) is 0 Å². The Morgan fingerprint density at radius 3 is 2.33 bits per heavy atom. The number of hydrogen-bond acceptors (Lipinski definition) is 3. The lowest BCUT2D eigenvalue weighted by Gasteiger charge is -2.26. The first-order chi connectivity index (χ1) is 10.1. The van der Waals surface area contributed by atoms with Crippen molar-refractivity contribution >= 4 is 0 Å². The molecule has 0 radical (unpaired) electrons. The first-order valence-electron chi connectivity index (χ1n) is 7.24. The summed E-state index contributed by atoms with van der Waals surface area (Å²) in [5.41, 5.74) is 8.21. The Labute approximate surface area is 126 Å². The summed E-state index contributed by atoms with van der Waals surface area (Å²) in [7, 11) is 1.67. The second-order valence-corrected chi connectivity index (χ2v) is 5.43. The van der Waals surface area contributed by atoms with E-state index in [1.54, 1.807) is 7.11 Å².